The number of aromatic carboxylic acids is 1. The lowest BCUT2D eigenvalue weighted by Crippen LogP contribution is -2.30. The second-order valence-corrected chi connectivity index (χ2v) is 2.96. The van der Waals surface area contributed by atoms with Crippen molar-refractivity contribution in [3.05, 3.63) is 23.8 Å². The molecule has 1 amide bonds. The molecule has 0 aromatic heterocycles. The molecule has 1 aromatic rings. The van der Waals surface area contributed by atoms with E-state index >= 15 is 0 Å². The van der Waals surface area contributed by atoms with Gasteiger partial charge in [-0.3, -0.25) is 4.79 Å². The first kappa shape index (κ1) is 12.8. The van der Waals surface area contributed by atoms with Gasteiger partial charge in [0.25, 0.3) is 0 Å². The van der Waals surface area contributed by atoms with Crippen molar-refractivity contribution in [2.45, 2.75) is 6.18 Å². The molecule has 0 bridgehead atoms. The Hall–Kier alpha value is -2.25. The van der Waals surface area contributed by atoms with Crippen molar-refractivity contribution in [1.82, 2.24) is 0 Å². The molecule has 0 saturated carbocycles. The van der Waals surface area contributed by atoms with Crippen molar-refractivity contribution in [3.63, 3.8) is 0 Å². The zero-order valence-electron chi connectivity index (χ0n) is 8.08. The lowest BCUT2D eigenvalue weighted by molar-refractivity contribution is -0.167. The summed E-state index contributed by atoms with van der Waals surface area (Å²) in [6, 6.07) is 3.04. The average Bonchev–Trinajstić information content (AvgIpc) is 2.18. The van der Waals surface area contributed by atoms with Crippen LogP contribution < -0.4 is 5.32 Å². The zero-order valence-corrected chi connectivity index (χ0v) is 8.08. The zero-order chi connectivity index (χ0) is 13.2. The van der Waals surface area contributed by atoms with E-state index in [1.807, 2.05) is 0 Å². The highest BCUT2D eigenvalue weighted by molar-refractivity contribution is 6.03. The molecule has 1 aromatic carbocycles. The maximum Gasteiger partial charge on any atom is 0.471 e. The van der Waals surface area contributed by atoms with Gasteiger partial charge in [0.15, 0.2) is 0 Å². The smallest absolute Gasteiger partial charge is 0.471 e. The van der Waals surface area contributed by atoms with Gasteiger partial charge in [-0.05, 0) is 12.1 Å². The minimum atomic E-state index is -5.17. The number of halogens is 3. The van der Waals surface area contributed by atoms with Crippen molar-refractivity contribution in [1.29, 1.82) is 0 Å². The number of hydrogen-bond donors (Lipinski definition) is 3. The van der Waals surface area contributed by atoms with Crippen LogP contribution in [0.2, 0.25) is 0 Å². The quantitative estimate of drug-likeness (QED) is 0.694. The Balaban J connectivity index is 3.14. The number of nitrogens with one attached hydrogen (secondary N) is 1. The molecule has 0 radical (unpaired) electrons. The second-order valence-electron chi connectivity index (χ2n) is 2.96. The third-order valence-electron chi connectivity index (χ3n) is 1.77. The summed E-state index contributed by atoms with van der Waals surface area (Å²) < 4.78 is 35.9. The number of phenolic OH excluding ortho intramolecular Hbond substituents is 1. The fraction of sp³-hybridized carbons (Fsp3) is 0.111. The molecule has 92 valence electrons. The van der Waals surface area contributed by atoms with Crippen molar-refractivity contribution < 1.29 is 33.0 Å². The number of carboxylic acids is 1. The number of phenols is 1. The molecule has 1 rings (SSSR count). The molecule has 0 aliphatic rings. The largest absolute Gasteiger partial charge is 0.506 e. The van der Waals surface area contributed by atoms with E-state index < -0.39 is 35.1 Å². The Morgan fingerprint density at radius 2 is 1.82 bits per heavy atom. The number of carboxylic acid groups (broad SMARTS) is 1. The predicted molar refractivity (Wildman–Crippen MR) is 49.8 cm³/mol. The van der Waals surface area contributed by atoms with Crippen LogP contribution in [0.1, 0.15) is 10.4 Å². The number of aromatic hydroxyl groups is 1. The van der Waals surface area contributed by atoms with Gasteiger partial charge in [-0.25, -0.2) is 4.79 Å². The fourth-order valence-electron chi connectivity index (χ4n) is 1.03. The van der Waals surface area contributed by atoms with Gasteiger partial charge in [-0.1, -0.05) is 6.07 Å². The van der Waals surface area contributed by atoms with Gasteiger partial charge in [0.1, 0.15) is 5.75 Å². The SMILES string of the molecule is O=C(O)c1cccc(O)c1NC(=O)C(F)(F)F. The summed E-state index contributed by atoms with van der Waals surface area (Å²) in [6.45, 7) is 0. The summed E-state index contributed by atoms with van der Waals surface area (Å²) in [6.07, 6.45) is -5.17. The van der Waals surface area contributed by atoms with Crippen LogP contribution in [0, 0.1) is 0 Å². The van der Waals surface area contributed by atoms with E-state index in [9.17, 15) is 27.9 Å². The molecular formula is C9H6F3NO4. The monoisotopic (exact) mass is 249 g/mol. The van der Waals surface area contributed by atoms with E-state index in [-0.39, 0.29) is 0 Å². The van der Waals surface area contributed by atoms with Crippen molar-refractivity contribution in [2.75, 3.05) is 5.32 Å². The van der Waals surface area contributed by atoms with Crippen LogP contribution >= 0.6 is 0 Å². The van der Waals surface area contributed by atoms with Crippen LogP contribution in [0.3, 0.4) is 0 Å². The molecule has 0 unspecified atom stereocenters. The highest BCUT2D eigenvalue weighted by atomic mass is 19.4. The topological polar surface area (TPSA) is 86.6 Å². The van der Waals surface area contributed by atoms with Gasteiger partial charge in [0, 0.05) is 0 Å². The fourth-order valence-corrected chi connectivity index (χ4v) is 1.03. The number of amides is 1. The molecule has 0 atom stereocenters. The molecule has 0 spiro atoms. The number of carbonyl (C=O) groups excluding carboxylic acids is 1. The van der Waals surface area contributed by atoms with Crippen molar-refractivity contribution >= 4 is 17.6 Å². The van der Waals surface area contributed by atoms with Crippen LogP contribution in [0.4, 0.5) is 18.9 Å². The van der Waals surface area contributed by atoms with Crippen LogP contribution in [0.25, 0.3) is 0 Å². The van der Waals surface area contributed by atoms with E-state index in [0.29, 0.717) is 0 Å². The molecule has 0 aliphatic carbocycles. The van der Waals surface area contributed by atoms with Gasteiger partial charge < -0.3 is 15.5 Å². The highest BCUT2D eigenvalue weighted by Crippen LogP contribution is 2.29. The molecule has 8 heteroatoms. The first-order valence-corrected chi connectivity index (χ1v) is 4.17. The highest BCUT2D eigenvalue weighted by Gasteiger charge is 2.39. The van der Waals surface area contributed by atoms with Crippen molar-refractivity contribution in [3.8, 4) is 5.75 Å². The third-order valence-corrected chi connectivity index (χ3v) is 1.77. The van der Waals surface area contributed by atoms with Gasteiger partial charge in [0.05, 0.1) is 11.3 Å². The molecule has 0 heterocycles. The Bertz CT molecular complexity index is 470. The Kier molecular flexibility index (Phi) is 3.26. The summed E-state index contributed by atoms with van der Waals surface area (Å²) in [5.74, 6) is -4.69. The van der Waals surface area contributed by atoms with E-state index in [0.717, 1.165) is 18.2 Å². The first-order chi connectivity index (χ1) is 7.73. The van der Waals surface area contributed by atoms with E-state index in [1.165, 1.54) is 5.32 Å². The van der Waals surface area contributed by atoms with Gasteiger partial charge in [0.2, 0.25) is 0 Å². The average molecular weight is 249 g/mol. The summed E-state index contributed by atoms with van der Waals surface area (Å²) in [5, 5.41) is 19.2. The van der Waals surface area contributed by atoms with E-state index in [1.54, 1.807) is 0 Å². The van der Waals surface area contributed by atoms with Crippen LogP contribution in [-0.2, 0) is 4.79 Å². The summed E-state index contributed by atoms with van der Waals surface area (Å²) in [4.78, 5) is 21.3. The Morgan fingerprint density at radius 1 is 1.24 bits per heavy atom. The summed E-state index contributed by atoms with van der Waals surface area (Å²) >= 11 is 0. The van der Waals surface area contributed by atoms with Gasteiger partial charge in [-0.15, -0.1) is 0 Å². The lowest BCUT2D eigenvalue weighted by Gasteiger charge is -2.11. The first-order valence-electron chi connectivity index (χ1n) is 4.17. The number of alkyl halides is 3. The number of benzene rings is 1. The number of rotatable bonds is 2. The van der Waals surface area contributed by atoms with Crippen LogP contribution in [-0.4, -0.2) is 28.3 Å². The molecule has 3 N–H and O–H groups in total. The minimum Gasteiger partial charge on any atom is -0.506 e. The molecular weight excluding hydrogens is 243 g/mol. The number of anilines is 1. The van der Waals surface area contributed by atoms with Gasteiger partial charge >= 0.3 is 18.1 Å². The second kappa shape index (κ2) is 4.32. The van der Waals surface area contributed by atoms with Gasteiger partial charge in [-0.2, -0.15) is 13.2 Å². The van der Waals surface area contributed by atoms with E-state index in [4.69, 9.17) is 5.11 Å². The molecule has 0 saturated heterocycles. The van der Waals surface area contributed by atoms with Crippen LogP contribution in [0.15, 0.2) is 18.2 Å². The summed E-state index contributed by atoms with van der Waals surface area (Å²) in [5.41, 5.74) is -1.43. The minimum absolute atomic E-state index is 0.636. The normalized spacial score (nSPS) is 11.0. The lowest BCUT2D eigenvalue weighted by atomic mass is 10.1. The molecule has 5 nitrogen and oxygen atoms in total. The number of hydrogen-bond acceptors (Lipinski definition) is 3. The Morgan fingerprint density at radius 3 is 2.29 bits per heavy atom. The summed E-state index contributed by atoms with van der Waals surface area (Å²) in [7, 11) is 0. The molecule has 17 heavy (non-hydrogen) atoms. The van der Waals surface area contributed by atoms with Crippen molar-refractivity contribution in [2.24, 2.45) is 0 Å². The number of carbonyl (C=O) groups is 2. The molecule has 0 aliphatic heterocycles. The maximum atomic E-state index is 12.0. The molecule has 0 fully saturated rings. The number of para-hydroxylation sites is 1. The third kappa shape index (κ3) is 2.86. The van der Waals surface area contributed by atoms with E-state index in [2.05, 4.69) is 0 Å². The van der Waals surface area contributed by atoms with Crippen LogP contribution in [0.5, 0.6) is 5.75 Å². The predicted octanol–water partition coefficient (Wildman–Crippen LogP) is 1.59. The standard InChI is InChI=1S/C9H6F3NO4/c10-9(11,12)8(17)13-6-4(7(15)16)2-1-3-5(6)14/h1-3,14H,(H,13,17)(H,15,16). The Labute approximate surface area is 92.5 Å². The maximum absolute atomic E-state index is 12.0.